The second kappa shape index (κ2) is 5.00. The Bertz CT molecular complexity index is 510. The quantitative estimate of drug-likeness (QED) is 0.909. The number of hydrogen-bond acceptors (Lipinski definition) is 3. The van der Waals surface area contributed by atoms with E-state index in [-0.39, 0.29) is 5.60 Å². The molecule has 20 heavy (non-hydrogen) atoms. The standard InChI is InChI=1S/C16H23BrO3/c1-14(2)10-16(18,15(3,4)20-14)9-11-8-12(19-5)6-7-13(11)17/h6-8,18H,9-10H2,1-5H3. The average molecular weight is 343 g/mol. The van der Waals surface area contributed by atoms with Crippen molar-refractivity contribution in [2.45, 2.75) is 57.3 Å². The molecule has 1 aliphatic rings. The molecule has 1 N–H and O–H groups in total. The summed E-state index contributed by atoms with van der Waals surface area (Å²) in [6, 6.07) is 5.81. The molecule has 1 aliphatic heterocycles. The molecule has 0 bridgehead atoms. The SMILES string of the molecule is COc1ccc(Br)c(CC2(O)CC(C)(C)OC2(C)C)c1. The fourth-order valence-corrected chi connectivity index (χ4v) is 3.53. The predicted octanol–water partition coefficient (Wildman–Crippen LogP) is 3.71. The van der Waals surface area contributed by atoms with Crippen LogP contribution in [0.25, 0.3) is 0 Å². The minimum Gasteiger partial charge on any atom is -0.497 e. The van der Waals surface area contributed by atoms with E-state index in [1.54, 1.807) is 7.11 Å². The number of aliphatic hydroxyl groups is 1. The minimum atomic E-state index is -0.897. The maximum absolute atomic E-state index is 11.1. The third-order valence-corrected chi connectivity index (χ3v) is 4.88. The molecule has 2 rings (SSSR count). The number of rotatable bonds is 3. The molecule has 1 fully saturated rings. The highest BCUT2D eigenvalue weighted by molar-refractivity contribution is 9.10. The number of methoxy groups -OCH3 is 1. The Labute approximate surface area is 129 Å². The molecule has 0 radical (unpaired) electrons. The highest BCUT2D eigenvalue weighted by Gasteiger charge is 2.56. The molecule has 1 atom stereocenters. The van der Waals surface area contributed by atoms with Crippen LogP contribution in [0, 0.1) is 0 Å². The van der Waals surface area contributed by atoms with E-state index >= 15 is 0 Å². The molecule has 0 aliphatic carbocycles. The lowest BCUT2D eigenvalue weighted by Crippen LogP contribution is -2.48. The Balaban J connectivity index is 2.33. The largest absolute Gasteiger partial charge is 0.497 e. The fraction of sp³-hybridized carbons (Fsp3) is 0.625. The van der Waals surface area contributed by atoms with Crippen molar-refractivity contribution in [2.75, 3.05) is 7.11 Å². The van der Waals surface area contributed by atoms with Crippen molar-refractivity contribution in [1.29, 1.82) is 0 Å². The number of halogens is 1. The van der Waals surface area contributed by atoms with E-state index in [2.05, 4.69) is 15.9 Å². The molecule has 112 valence electrons. The van der Waals surface area contributed by atoms with Gasteiger partial charge in [0.15, 0.2) is 0 Å². The molecule has 1 aromatic carbocycles. The molecule has 0 aromatic heterocycles. The summed E-state index contributed by atoms with van der Waals surface area (Å²) in [5, 5.41) is 11.1. The molecule has 1 aromatic rings. The van der Waals surface area contributed by atoms with Crippen molar-refractivity contribution in [3.05, 3.63) is 28.2 Å². The van der Waals surface area contributed by atoms with E-state index in [0.29, 0.717) is 12.8 Å². The molecular weight excluding hydrogens is 320 g/mol. The molecule has 3 nitrogen and oxygen atoms in total. The molecular formula is C16H23BrO3. The first kappa shape index (κ1) is 15.8. The van der Waals surface area contributed by atoms with E-state index in [0.717, 1.165) is 15.8 Å². The zero-order chi connectivity index (χ0) is 15.2. The number of benzene rings is 1. The summed E-state index contributed by atoms with van der Waals surface area (Å²) in [5.74, 6) is 0.794. The van der Waals surface area contributed by atoms with E-state index in [1.165, 1.54) is 0 Å². The molecule has 0 saturated carbocycles. The third-order valence-electron chi connectivity index (χ3n) is 4.11. The van der Waals surface area contributed by atoms with Gasteiger partial charge in [-0.3, -0.25) is 0 Å². The van der Waals surface area contributed by atoms with E-state index in [4.69, 9.17) is 9.47 Å². The Kier molecular flexibility index (Phi) is 3.95. The first-order chi connectivity index (χ1) is 9.09. The summed E-state index contributed by atoms with van der Waals surface area (Å²) >= 11 is 3.55. The Morgan fingerprint density at radius 2 is 1.95 bits per heavy atom. The van der Waals surface area contributed by atoms with Crippen LogP contribution in [0.4, 0.5) is 0 Å². The van der Waals surface area contributed by atoms with E-state index in [9.17, 15) is 5.11 Å². The van der Waals surface area contributed by atoms with Gasteiger partial charge in [0.05, 0.1) is 23.9 Å². The second-order valence-electron chi connectivity index (χ2n) is 6.71. The number of ether oxygens (including phenoxy) is 2. The van der Waals surface area contributed by atoms with Crippen LogP contribution in [-0.2, 0) is 11.2 Å². The van der Waals surface area contributed by atoms with Crippen molar-refractivity contribution in [3.8, 4) is 5.75 Å². The summed E-state index contributed by atoms with van der Waals surface area (Å²) in [7, 11) is 1.65. The van der Waals surface area contributed by atoms with Crippen LogP contribution in [0.15, 0.2) is 22.7 Å². The molecule has 1 unspecified atom stereocenters. The van der Waals surface area contributed by atoms with Gasteiger partial charge in [0.1, 0.15) is 5.75 Å². The van der Waals surface area contributed by atoms with Gasteiger partial charge in [-0.05, 0) is 51.5 Å². The molecule has 4 heteroatoms. The van der Waals surface area contributed by atoms with Gasteiger partial charge < -0.3 is 14.6 Å². The van der Waals surface area contributed by atoms with Gasteiger partial charge in [-0.1, -0.05) is 15.9 Å². The number of hydrogen-bond donors (Lipinski definition) is 1. The van der Waals surface area contributed by atoms with Gasteiger partial charge in [-0.2, -0.15) is 0 Å². The van der Waals surface area contributed by atoms with Crippen LogP contribution in [0.5, 0.6) is 5.75 Å². The van der Waals surface area contributed by atoms with Gasteiger partial charge in [-0.25, -0.2) is 0 Å². The first-order valence-corrected chi connectivity index (χ1v) is 7.63. The van der Waals surface area contributed by atoms with Crippen molar-refractivity contribution < 1.29 is 14.6 Å². The van der Waals surface area contributed by atoms with Gasteiger partial charge >= 0.3 is 0 Å². The summed E-state index contributed by atoms with van der Waals surface area (Å²) in [5.41, 5.74) is -0.769. The molecule has 1 heterocycles. The summed E-state index contributed by atoms with van der Waals surface area (Å²) in [6.45, 7) is 7.95. The van der Waals surface area contributed by atoms with Gasteiger partial charge in [0.25, 0.3) is 0 Å². The highest BCUT2D eigenvalue weighted by atomic mass is 79.9. The monoisotopic (exact) mass is 342 g/mol. The normalized spacial score (nSPS) is 27.6. The summed E-state index contributed by atoms with van der Waals surface area (Å²) < 4.78 is 12.3. The first-order valence-electron chi connectivity index (χ1n) is 6.84. The molecule has 1 saturated heterocycles. The Morgan fingerprint density at radius 3 is 2.45 bits per heavy atom. The van der Waals surface area contributed by atoms with Crippen LogP contribution in [0.2, 0.25) is 0 Å². The fourth-order valence-electron chi connectivity index (χ4n) is 3.14. The molecule has 0 amide bonds. The maximum Gasteiger partial charge on any atom is 0.119 e. The zero-order valence-electron chi connectivity index (χ0n) is 12.8. The van der Waals surface area contributed by atoms with Crippen LogP contribution >= 0.6 is 15.9 Å². The third kappa shape index (κ3) is 2.87. The lowest BCUT2D eigenvalue weighted by Gasteiger charge is -2.35. The highest BCUT2D eigenvalue weighted by Crippen LogP contribution is 2.47. The second-order valence-corrected chi connectivity index (χ2v) is 7.57. The van der Waals surface area contributed by atoms with Crippen molar-refractivity contribution in [2.24, 2.45) is 0 Å². The Morgan fingerprint density at radius 1 is 1.30 bits per heavy atom. The van der Waals surface area contributed by atoms with Crippen LogP contribution in [0.1, 0.15) is 39.7 Å². The van der Waals surface area contributed by atoms with Crippen molar-refractivity contribution in [3.63, 3.8) is 0 Å². The summed E-state index contributed by atoms with van der Waals surface area (Å²) in [4.78, 5) is 0. The maximum atomic E-state index is 11.1. The average Bonchev–Trinajstić information content (AvgIpc) is 2.45. The van der Waals surface area contributed by atoms with E-state index in [1.807, 2.05) is 45.9 Å². The smallest absolute Gasteiger partial charge is 0.119 e. The molecule has 0 spiro atoms. The predicted molar refractivity (Wildman–Crippen MR) is 83.2 cm³/mol. The van der Waals surface area contributed by atoms with Crippen molar-refractivity contribution in [1.82, 2.24) is 0 Å². The van der Waals surface area contributed by atoms with Gasteiger partial charge in [-0.15, -0.1) is 0 Å². The summed E-state index contributed by atoms with van der Waals surface area (Å²) in [6.07, 6.45) is 1.14. The van der Waals surface area contributed by atoms with Crippen LogP contribution in [-0.4, -0.2) is 29.0 Å². The van der Waals surface area contributed by atoms with Crippen LogP contribution < -0.4 is 4.74 Å². The van der Waals surface area contributed by atoms with Gasteiger partial charge in [0, 0.05) is 17.3 Å². The van der Waals surface area contributed by atoms with Crippen LogP contribution in [0.3, 0.4) is 0 Å². The van der Waals surface area contributed by atoms with Crippen molar-refractivity contribution >= 4 is 15.9 Å². The van der Waals surface area contributed by atoms with E-state index < -0.39 is 11.2 Å². The minimum absolute atomic E-state index is 0.316. The topological polar surface area (TPSA) is 38.7 Å². The zero-order valence-corrected chi connectivity index (χ0v) is 14.4. The van der Waals surface area contributed by atoms with Gasteiger partial charge in [0.2, 0.25) is 0 Å². The lowest BCUT2D eigenvalue weighted by molar-refractivity contribution is -0.125. The Hall–Kier alpha value is -0.580. The lowest BCUT2D eigenvalue weighted by atomic mass is 9.78.